The third-order valence-electron chi connectivity index (χ3n) is 6.37. The van der Waals surface area contributed by atoms with E-state index < -0.39 is 23.3 Å². The molecule has 0 spiro atoms. The summed E-state index contributed by atoms with van der Waals surface area (Å²) in [5.41, 5.74) is 0.661. The Hall–Kier alpha value is -3.35. The molecule has 0 saturated carbocycles. The summed E-state index contributed by atoms with van der Waals surface area (Å²) in [4.78, 5) is 25.1. The Balaban J connectivity index is 1.49. The van der Waals surface area contributed by atoms with Crippen LogP contribution in [0.3, 0.4) is 0 Å². The molecule has 196 valence electrons. The van der Waals surface area contributed by atoms with Crippen molar-refractivity contribution in [2.75, 3.05) is 5.32 Å². The van der Waals surface area contributed by atoms with Crippen molar-refractivity contribution in [1.29, 1.82) is 0 Å². The van der Waals surface area contributed by atoms with Gasteiger partial charge in [-0.25, -0.2) is 19.7 Å². The third kappa shape index (κ3) is 4.91. The topological polar surface area (TPSA) is 108 Å². The molecule has 0 bridgehead atoms. The van der Waals surface area contributed by atoms with Crippen molar-refractivity contribution < 1.29 is 28.2 Å². The quantitative estimate of drug-likeness (QED) is 0.232. The number of carbonyl (C=O) groups is 1. The molecular weight excluding hydrogens is 585 g/mol. The van der Waals surface area contributed by atoms with Crippen molar-refractivity contribution >= 4 is 44.9 Å². The summed E-state index contributed by atoms with van der Waals surface area (Å²) < 4.78 is 40.0. The maximum Gasteiger partial charge on any atom is 0.416 e. The third-order valence-corrected chi connectivity index (χ3v) is 8.54. The number of aryl methyl sites for hydroxylation is 2. The van der Waals surface area contributed by atoms with Crippen LogP contribution in [0.25, 0.3) is 10.6 Å². The highest BCUT2D eigenvalue weighted by Gasteiger charge is 2.39. The Morgan fingerprint density at radius 3 is 2.71 bits per heavy atom. The minimum absolute atomic E-state index is 0.0107. The highest BCUT2D eigenvalue weighted by atomic mass is 79.9. The summed E-state index contributed by atoms with van der Waals surface area (Å²) in [6.45, 7) is 1.83. The second-order valence-corrected chi connectivity index (χ2v) is 10.8. The van der Waals surface area contributed by atoms with Crippen molar-refractivity contribution in [2.24, 2.45) is 0 Å². The average molecular weight is 605 g/mol. The van der Waals surface area contributed by atoms with Crippen LogP contribution < -0.4 is 5.32 Å². The van der Waals surface area contributed by atoms with Crippen molar-refractivity contribution in [3.8, 4) is 10.6 Å². The normalized spacial score (nSPS) is 17.2. The van der Waals surface area contributed by atoms with Crippen molar-refractivity contribution in [3.63, 3.8) is 0 Å². The first-order chi connectivity index (χ1) is 18.0. The number of fused-ring (bicyclic) bond motifs is 1. The molecule has 3 aromatic heterocycles. The largest absolute Gasteiger partial charge is 0.478 e. The fourth-order valence-corrected chi connectivity index (χ4v) is 5.79. The molecule has 38 heavy (non-hydrogen) atoms. The van der Waals surface area contributed by atoms with Gasteiger partial charge in [0.1, 0.15) is 22.2 Å². The van der Waals surface area contributed by atoms with E-state index in [0.29, 0.717) is 44.9 Å². The molecular formula is C26H20BrF3N4O3S. The van der Waals surface area contributed by atoms with Crippen molar-refractivity contribution in [3.05, 3.63) is 86.1 Å². The zero-order valence-electron chi connectivity index (χ0n) is 19.8. The number of carboxylic acids is 1. The summed E-state index contributed by atoms with van der Waals surface area (Å²) in [7, 11) is 0. The van der Waals surface area contributed by atoms with Gasteiger partial charge in [-0.1, -0.05) is 6.07 Å². The lowest BCUT2D eigenvalue weighted by Crippen LogP contribution is -2.32. The number of pyridine rings is 2. The van der Waals surface area contributed by atoms with Gasteiger partial charge in [-0.2, -0.15) is 13.2 Å². The number of aromatic nitrogens is 3. The number of halogens is 4. The SMILES string of the molecule is Cc1cc(-c2cnc([C@]3(O)CCCc4cc(C(=O)O)ccc43)s2)nc(Nc2cc(C(F)(F)F)ccn2)c1Br. The molecule has 0 fully saturated rings. The maximum absolute atomic E-state index is 13.1. The van der Waals surface area contributed by atoms with Crippen LogP contribution in [0.2, 0.25) is 0 Å². The Labute approximate surface area is 227 Å². The number of hydrogen-bond acceptors (Lipinski definition) is 7. The molecule has 4 aromatic rings. The Morgan fingerprint density at radius 2 is 1.97 bits per heavy atom. The summed E-state index contributed by atoms with van der Waals surface area (Å²) in [5, 5.41) is 24.3. The summed E-state index contributed by atoms with van der Waals surface area (Å²) in [5.74, 6) is -0.756. The van der Waals surface area contributed by atoms with Gasteiger partial charge in [0.05, 0.1) is 26.2 Å². The predicted molar refractivity (Wildman–Crippen MR) is 140 cm³/mol. The van der Waals surface area contributed by atoms with Crippen LogP contribution in [0.15, 0.2) is 53.3 Å². The zero-order valence-corrected chi connectivity index (χ0v) is 22.2. The zero-order chi connectivity index (χ0) is 27.2. The highest BCUT2D eigenvalue weighted by molar-refractivity contribution is 9.10. The molecule has 3 N–H and O–H groups in total. The number of carboxylic acid groups (broad SMARTS) is 1. The minimum atomic E-state index is -4.51. The summed E-state index contributed by atoms with van der Waals surface area (Å²) in [6, 6.07) is 8.33. The molecule has 0 radical (unpaired) electrons. The van der Waals surface area contributed by atoms with Crippen molar-refractivity contribution in [1.82, 2.24) is 15.0 Å². The van der Waals surface area contributed by atoms with E-state index in [1.54, 1.807) is 18.3 Å². The molecule has 12 heteroatoms. The van der Waals surface area contributed by atoms with Crippen LogP contribution in [0.1, 0.15) is 50.5 Å². The Morgan fingerprint density at radius 1 is 1.18 bits per heavy atom. The van der Waals surface area contributed by atoms with Gasteiger partial charge in [-0.3, -0.25) is 0 Å². The van der Waals surface area contributed by atoms with Crippen LogP contribution in [0, 0.1) is 6.92 Å². The second kappa shape index (κ2) is 9.75. The van der Waals surface area contributed by atoms with Crippen molar-refractivity contribution in [2.45, 2.75) is 38.0 Å². The first-order valence-electron chi connectivity index (χ1n) is 11.5. The van der Waals surface area contributed by atoms with Crippen LogP contribution in [0.5, 0.6) is 0 Å². The maximum atomic E-state index is 13.1. The first kappa shape index (κ1) is 26.3. The molecule has 3 heterocycles. The molecule has 0 amide bonds. The number of anilines is 2. The van der Waals surface area contributed by atoms with Crippen LogP contribution in [-0.2, 0) is 18.2 Å². The van der Waals surface area contributed by atoms with Gasteiger partial charge in [-0.15, -0.1) is 11.3 Å². The minimum Gasteiger partial charge on any atom is -0.478 e. The fraction of sp³-hybridized carbons (Fsp3) is 0.231. The van der Waals surface area contributed by atoms with Gasteiger partial charge in [0.15, 0.2) is 0 Å². The first-order valence-corrected chi connectivity index (χ1v) is 13.1. The highest BCUT2D eigenvalue weighted by Crippen LogP contribution is 2.44. The lowest BCUT2D eigenvalue weighted by atomic mass is 9.79. The summed E-state index contributed by atoms with van der Waals surface area (Å²) >= 11 is 4.70. The number of benzene rings is 1. The van der Waals surface area contributed by atoms with Crippen LogP contribution in [0.4, 0.5) is 24.8 Å². The van der Waals surface area contributed by atoms with E-state index in [2.05, 4.69) is 36.2 Å². The summed E-state index contributed by atoms with van der Waals surface area (Å²) in [6.07, 6.45) is -0.0837. The van der Waals surface area contributed by atoms with E-state index in [4.69, 9.17) is 0 Å². The molecule has 5 rings (SSSR count). The molecule has 0 saturated heterocycles. The van der Waals surface area contributed by atoms with Gasteiger partial charge < -0.3 is 15.5 Å². The molecule has 1 aliphatic rings. The van der Waals surface area contributed by atoms with E-state index in [9.17, 15) is 28.2 Å². The van der Waals surface area contributed by atoms with E-state index in [1.165, 1.54) is 17.4 Å². The van der Waals surface area contributed by atoms with Gasteiger partial charge in [0, 0.05) is 12.4 Å². The van der Waals surface area contributed by atoms with E-state index in [0.717, 1.165) is 29.5 Å². The van der Waals surface area contributed by atoms with Crippen LogP contribution in [-0.4, -0.2) is 31.1 Å². The lowest BCUT2D eigenvalue weighted by molar-refractivity contribution is -0.137. The van der Waals surface area contributed by atoms with E-state index in [-0.39, 0.29) is 17.2 Å². The molecule has 1 atom stereocenters. The predicted octanol–water partition coefficient (Wildman–Crippen LogP) is 6.70. The molecule has 1 aliphatic carbocycles. The number of hydrogen-bond donors (Lipinski definition) is 3. The standard InChI is InChI=1S/C26H20BrF3N4O3S/c1-13-9-18(33-22(21(13)27)34-20-11-16(6-8-31-20)26(28,29)30)19-12-32-24(38-19)25(37)7-2-3-14-10-15(23(35)36)4-5-17(14)25/h4-6,8-12,37H,2-3,7H2,1H3,(H,35,36)(H,31,33,34)/t25-/m0/s1. The molecule has 0 unspecified atom stereocenters. The van der Waals surface area contributed by atoms with E-state index >= 15 is 0 Å². The number of rotatable bonds is 5. The van der Waals surface area contributed by atoms with E-state index in [1.807, 2.05) is 13.0 Å². The van der Waals surface area contributed by atoms with Gasteiger partial charge in [0.2, 0.25) is 0 Å². The number of alkyl halides is 3. The monoisotopic (exact) mass is 604 g/mol. The second-order valence-electron chi connectivity index (χ2n) is 8.96. The Bertz CT molecular complexity index is 1560. The Kier molecular flexibility index (Phi) is 6.74. The number of thiazole rings is 1. The number of nitrogens with zero attached hydrogens (tertiary/aromatic N) is 3. The molecule has 0 aliphatic heterocycles. The fourth-order valence-electron chi connectivity index (χ4n) is 4.47. The smallest absolute Gasteiger partial charge is 0.416 e. The molecule has 7 nitrogen and oxygen atoms in total. The van der Waals surface area contributed by atoms with Gasteiger partial charge >= 0.3 is 12.1 Å². The van der Waals surface area contributed by atoms with Crippen LogP contribution >= 0.6 is 27.3 Å². The molecule has 1 aromatic carbocycles. The number of aliphatic hydroxyl groups is 1. The average Bonchev–Trinajstić information content (AvgIpc) is 3.37. The number of aromatic carboxylic acids is 1. The van der Waals surface area contributed by atoms with Gasteiger partial charge in [-0.05, 0) is 89.1 Å². The lowest BCUT2D eigenvalue weighted by Gasteiger charge is -2.33. The number of nitrogens with one attached hydrogen (secondary N) is 1. The van der Waals surface area contributed by atoms with Gasteiger partial charge in [0.25, 0.3) is 0 Å².